The fourth-order valence-corrected chi connectivity index (χ4v) is 4.20. The van der Waals surface area contributed by atoms with Gasteiger partial charge in [0.1, 0.15) is 0 Å². The van der Waals surface area contributed by atoms with Gasteiger partial charge in [0.15, 0.2) is 0 Å². The van der Waals surface area contributed by atoms with Gasteiger partial charge >= 0.3 is 0 Å². The first-order valence-electron chi connectivity index (χ1n) is 10.5. The van der Waals surface area contributed by atoms with Crippen molar-refractivity contribution in [3.05, 3.63) is 63.5 Å². The number of rotatable bonds is 6. The van der Waals surface area contributed by atoms with E-state index in [1.165, 1.54) is 0 Å². The highest BCUT2D eigenvalue weighted by molar-refractivity contribution is 7.71. The molecule has 0 atom stereocenters. The van der Waals surface area contributed by atoms with Gasteiger partial charge in [-0.05, 0) is 50.3 Å². The Hall–Kier alpha value is -2.52. The molecule has 1 aliphatic rings. The second-order valence-electron chi connectivity index (χ2n) is 8.11. The molecule has 2 aromatic carbocycles. The number of halogens is 1. The minimum absolute atomic E-state index is 0.0663. The molecule has 7 nitrogen and oxygen atoms in total. The first-order valence-corrected chi connectivity index (χ1v) is 11.3. The zero-order valence-electron chi connectivity index (χ0n) is 18.2. The standard InChI is InChI=1S/C23H26ClN5O2S/c1-16-11-17(2)13-18(12-16)22-26-29(23(32)31-22)15-28-9-7-27(8-10-28)14-21(30)25-20-6-4-3-5-19(20)24/h3-6,11-13H,7-10,14-15H2,1-2H3,(H,25,30). The molecule has 2 heterocycles. The van der Waals surface area contributed by atoms with Gasteiger partial charge in [-0.2, -0.15) is 0 Å². The smallest absolute Gasteiger partial charge is 0.288 e. The molecular weight excluding hydrogens is 446 g/mol. The lowest BCUT2D eigenvalue weighted by atomic mass is 10.1. The number of nitrogens with one attached hydrogen (secondary N) is 1. The third-order valence-corrected chi connectivity index (χ3v) is 6.01. The van der Waals surface area contributed by atoms with E-state index in [2.05, 4.69) is 40.1 Å². The van der Waals surface area contributed by atoms with Gasteiger partial charge in [-0.25, -0.2) is 4.68 Å². The fourth-order valence-electron chi connectivity index (χ4n) is 3.84. The van der Waals surface area contributed by atoms with Crippen LogP contribution in [-0.4, -0.2) is 58.2 Å². The molecule has 1 fully saturated rings. The van der Waals surface area contributed by atoms with Crippen LogP contribution in [0.5, 0.6) is 0 Å². The van der Waals surface area contributed by atoms with E-state index in [0.29, 0.717) is 34.7 Å². The van der Waals surface area contributed by atoms with E-state index in [4.69, 9.17) is 28.2 Å². The lowest BCUT2D eigenvalue weighted by Gasteiger charge is -2.33. The number of nitrogens with zero attached hydrogens (tertiary/aromatic N) is 4. The van der Waals surface area contributed by atoms with Crippen LogP contribution in [0.4, 0.5) is 5.69 Å². The molecule has 1 saturated heterocycles. The maximum atomic E-state index is 12.4. The minimum atomic E-state index is -0.0663. The quantitative estimate of drug-likeness (QED) is 0.539. The summed E-state index contributed by atoms with van der Waals surface area (Å²) in [7, 11) is 0. The van der Waals surface area contributed by atoms with Crippen LogP contribution in [0.25, 0.3) is 11.5 Å². The van der Waals surface area contributed by atoms with Crippen molar-refractivity contribution in [1.29, 1.82) is 0 Å². The van der Waals surface area contributed by atoms with E-state index in [-0.39, 0.29) is 5.91 Å². The van der Waals surface area contributed by atoms with E-state index < -0.39 is 0 Å². The number of para-hydroxylation sites is 1. The molecule has 168 valence electrons. The first-order chi connectivity index (χ1) is 15.4. The monoisotopic (exact) mass is 471 g/mol. The van der Waals surface area contributed by atoms with Crippen LogP contribution >= 0.6 is 23.8 Å². The molecule has 3 aromatic rings. The number of hydrogen-bond acceptors (Lipinski definition) is 6. The van der Waals surface area contributed by atoms with Crippen molar-refractivity contribution in [2.24, 2.45) is 0 Å². The van der Waals surface area contributed by atoms with Crippen molar-refractivity contribution in [3.63, 3.8) is 0 Å². The number of aromatic nitrogens is 2. The highest BCUT2D eigenvalue weighted by atomic mass is 35.5. The van der Waals surface area contributed by atoms with Crippen molar-refractivity contribution >= 4 is 35.4 Å². The van der Waals surface area contributed by atoms with Gasteiger partial charge in [-0.1, -0.05) is 40.9 Å². The normalized spacial score (nSPS) is 15.1. The molecule has 0 saturated carbocycles. The zero-order valence-corrected chi connectivity index (χ0v) is 19.7. The summed E-state index contributed by atoms with van der Waals surface area (Å²) in [5, 5.41) is 8.01. The SMILES string of the molecule is Cc1cc(C)cc(-c2nn(CN3CCN(CC(=O)Nc4ccccc4Cl)CC3)c(=S)o2)c1. The van der Waals surface area contributed by atoms with E-state index in [1.54, 1.807) is 16.8 Å². The molecule has 0 spiro atoms. The molecule has 1 N–H and O–H groups in total. The molecule has 1 aliphatic heterocycles. The third-order valence-electron chi connectivity index (χ3n) is 5.39. The largest absolute Gasteiger partial charge is 0.409 e. The van der Waals surface area contributed by atoms with Gasteiger partial charge in [0.05, 0.1) is 23.9 Å². The average molecular weight is 472 g/mol. The van der Waals surface area contributed by atoms with E-state index in [1.807, 2.05) is 24.3 Å². The van der Waals surface area contributed by atoms with Crippen molar-refractivity contribution < 1.29 is 9.21 Å². The highest BCUT2D eigenvalue weighted by Gasteiger charge is 2.20. The Labute approximate surface area is 197 Å². The van der Waals surface area contributed by atoms with Crippen LogP contribution in [0, 0.1) is 18.7 Å². The Morgan fingerprint density at radius 3 is 2.44 bits per heavy atom. The van der Waals surface area contributed by atoms with Gasteiger partial charge in [-0.3, -0.25) is 14.6 Å². The molecular formula is C23H26ClN5O2S. The first kappa shape index (κ1) is 22.7. The average Bonchev–Trinajstić information content (AvgIpc) is 3.11. The van der Waals surface area contributed by atoms with Crippen LogP contribution in [0.1, 0.15) is 11.1 Å². The highest BCUT2D eigenvalue weighted by Crippen LogP contribution is 2.22. The van der Waals surface area contributed by atoms with Crippen LogP contribution in [0.3, 0.4) is 0 Å². The Kier molecular flexibility index (Phi) is 7.05. The predicted molar refractivity (Wildman–Crippen MR) is 128 cm³/mol. The summed E-state index contributed by atoms with van der Waals surface area (Å²) in [5.74, 6) is 0.472. The van der Waals surface area contributed by atoms with Gasteiger partial charge in [0, 0.05) is 31.7 Å². The van der Waals surface area contributed by atoms with Crippen molar-refractivity contribution in [2.75, 3.05) is 38.0 Å². The summed E-state index contributed by atoms with van der Waals surface area (Å²) in [5.41, 5.74) is 3.88. The molecule has 0 radical (unpaired) electrons. The number of aryl methyl sites for hydroxylation is 2. The summed E-state index contributed by atoms with van der Waals surface area (Å²) in [4.78, 5) is 17.1. The molecule has 0 aliphatic carbocycles. The maximum Gasteiger partial charge on any atom is 0.288 e. The summed E-state index contributed by atoms with van der Waals surface area (Å²) in [6, 6.07) is 13.4. The van der Waals surface area contributed by atoms with Gasteiger partial charge in [0.25, 0.3) is 4.84 Å². The van der Waals surface area contributed by atoms with Gasteiger partial charge in [0.2, 0.25) is 11.8 Å². The summed E-state index contributed by atoms with van der Waals surface area (Å²) >= 11 is 11.5. The lowest BCUT2D eigenvalue weighted by molar-refractivity contribution is -0.117. The Morgan fingerprint density at radius 1 is 1.09 bits per heavy atom. The summed E-state index contributed by atoms with van der Waals surface area (Å²) < 4.78 is 7.48. The second-order valence-corrected chi connectivity index (χ2v) is 8.87. The summed E-state index contributed by atoms with van der Waals surface area (Å²) in [6.07, 6.45) is 0. The molecule has 9 heteroatoms. The molecule has 4 rings (SSSR count). The van der Waals surface area contributed by atoms with Crippen molar-refractivity contribution in [1.82, 2.24) is 19.6 Å². The van der Waals surface area contributed by atoms with Crippen LogP contribution < -0.4 is 5.32 Å². The third kappa shape index (κ3) is 5.63. The summed E-state index contributed by atoms with van der Waals surface area (Å²) in [6.45, 7) is 8.19. The zero-order chi connectivity index (χ0) is 22.7. The van der Waals surface area contributed by atoms with Crippen molar-refractivity contribution in [2.45, 2.75) is 20.5 Å². The molecule has 1 amide bonds. The molecule has 32 heavy (non-hydrogen) atoms. The molecule has 1 aromatic heterocycles. The topological polar surface area (TPSA) is 66.5 Å². The number of amides is 1. The molecule has 0 unspecified atom stereocenters. The van der Waals surface area contributed by atoms with Crippen molar-refractivity contribution in [3.8, 4) is 11.5 Å². The Balaban J connectivity index is 1.31. The minimum Gasteiger partial charge on any atom is -0.409 e. The number of carbonyl (C=O) groups excluding carboxylic acids is 1. The van der Waals surface area contributed by atoms with E-state index in [9.17, 15) is 4.79 Å². The Morgan fingerprint density at radius 2 is 1.75 bits per heavy atom. The number of anilines is 1. The lowest BCUT2D eigenvalue weighted by Crippen LogP contribution is -2.48. The Bertz CT molecular complexity index is 1150. The second kappa shape index (κ2) is 9.95. The number of carbonyl (C=O) groups is 1. The van der Waals surface area contributed by atoms with Crippen LogP contribution in [0.2, 0.25) is 5.02 Å². The number of piperazine rings is 1. The predicted octanol–water partition coefficient (Wildman–Crippen LogP) is 4.36. The van der Waals surface area contributed by atoms with E-state index >= 15 is 0 Å². The molecule has 0 bridgehead atoms. The van der Waals surface area contributed by atoms with Gasteiger partial charge < -0.3 is 9.73 Å². The van der Waals surface area contributed by atoms with Gasteiger partial charge in [-0.15, -0.1) is 5.10 Å². The van der Waals surface area contributed by atoms with E-state index in [0.717, 1.165) is 42.9 Å². The van der Waals surface area contributed by atoms with Crippen LogP contribution in [0.15, 0.2) is 46.9 Å². The maximum absolute atomic E-state index is 12.4. The van der Waals surface area contributed by atoms with Crippen LogP contribution in [-0.2, 0) is 11.5 Å². The number of benzene rings is 2. The fraction of sp³-hybridized carbons (Fsp3) is 0.348. The number of hydrogen-bond donors (Lipinski definition) is 1.